The van der Waals surface area contributed by atoms with E-state index >= 15 is 0 Å². The van der Waals surface area contributed by atoms with Crippen molar-refractivity contribution in [1.82, 2.24) is 4.98 Å². The summed E-state index contributed by atoms with van der Waals surface area (Å²) in [5, 5.41) is 11.0. The van der Waals surface area contributed by atoms with E-state index in [9.17, 15) is 5.11 Å². The highest BCUT2D eigenvalue weighted by molar-refractivity contribution is 5.78. The molecule has 0 aliphatic carbocycles. The van der Waals surface area contributed by atoms with Crippen LogP contribution in [0, 0.1) is 13.8 Å². The standard InChI is InChI=1S/C27H33NO/c1-17-14-22(18(2)13-21(17)19-9-11-28-12-10-19)20-15-23(26(3,4)5)25(29)24(16-20)27(6,7)8/h9-16,29H,1-8H3. The summed E-state index contributed by atoms with van der Waals surface area (Å²) >= 11 is 0. The fraction of sp³-hybridized carbons (Fsp3) is 0.370. The molecule has 1 N–H and O–H groups in total. The second-order valence-electron chi connectivity index (χ2n) is 10.1. The number of phenolic OH excluding ortho intramolecular Hbond substituents is 1. The lowest BCUT2D eigenvalue weighted by Gasteiger charge is -2.28. The van der Waals surface area contributed by atoms with Gasteiger partial charge in [-0.05, 0) is 82.3 Å². The van der Waals surface area contributed by atoms with Gasteiger partial charge < -0.3 is 5.11 Å². The largest absolute Gasteiger partial charge is 0.507 e. The molecule has 0 unspecified atom stereocenters. The van der Waals surface area contributed by atoms with Crippen molar-refractivity contribution in [1.29, 1.82) is 0 Å². The maximum atomic E-state index is 11.0. The normalized spacial score (nSPS) is 12.3. The Bertz CT molecular complexity index is 1000. The monoisotopic (exact) mass is 387 g/mol. The zero-order chi connectivity index (χ0) is 21.6. The number of aromatic nitrogens is 1. The Kier molecular flexibility index (Phi) is 5.34. The quantitative estimate of drug-likeness (QED) is 0.499. The average molecular weight is 388 g/mol. The molecule has 0 saturated heterocycles. The summed E-state index contributed by atoms with van der Waals surface area (Å²) in [5.74, 6) is 0.427. The highest BCUT2D eigenvalue weighted by Gasteiger charge is 2.27. The minimum absolute atomic E-state index is 0.139. The third-order valence-electron chi connectivity index (χ3n) is 5.60. The minimum atomic E-state index is -0.139. The molecule has 0 amide bonds. The van der Waals surface area contributed by atoms with Gasteiger partial charge in [0.1, 0.15) is 5.75 Å². The maximum absolute atomic E-state index is 11.0. The van der Waals surface area contributed by atoms with Crippen molar-refractivity contribution in [3.05, 3.63) is 71.0 Å². The summed E-state index contributed by atoms with van der Waals surface area (Å²) in [4.78, 5) is 4.14. The predicted molar refractivity (Wildman–Crippen MR) is 124 cm³/mol. The zero-order valence-corrected chi connectivity index (χ0v) is 19.0. The lowest BCUT2D eigenvalue weighted by atomic mass is 9.77. The van der Waals surface area contributed by atoms with Crippen LogP contribution in [0.25, 0.3) is 22.3 Å². The Morgan fingerprint density at radius 2 is 1.07 bits per heavy atom. The highest BCUT2D eigenvalue weighted by Crippen LogP contribution is 2.43. The number of rotatable bonds is 2. The fourth-order valence-corrected chi connectivity index (χ4v) is 3.90. The van der Waals surface area contributed by atoms with Crippen LogP contribution in [0.15, 0.2) is 48.8 Å². The van der Waals surface area contributed by atoms with Gasteiger partial charge in [0.15, 0.2) is 0 Å². The number of pyridine rings is 1. The molecule has 2 heteroatoms. The van der Waals surface area contributed by atoms with Gasteiger partial charge in [0.25, 0.3) is 0 Å². The van der Waals surface area contributed by atoms with Crippen LogP contribution in [0.4, 0.5) is 0 Å². The van der Waals surface area contributed by atoms with E-state index in [2.05, 4.69) is 96.8 Å². The lowest BCUT2D eigenvalue weighted by molar-refractivity contribution is 0.423. The smallest absolute Gasteiger partial charge is 0.123 e. The molecule has 0 aliphatic heterocycles. The number of benzene rings is 2. The molecule has 0 bridgehead atoms. The van der Waals surface area contributed by atoms with Crippen LogP contribution in [0.3, 0.4) is 0 Å². The molecule has 3 aromatic rings. The van der Waals surface area contributed by atoms with Gasteiger partial charge >= 0.3 is 0 Å². The summed E-state index contributed by atoms with van der Waals surface area (Å²) in [6.07, 6.45) is 3.67. The van der Waals surface area contributed by atoms with E-state index in [1.807, 2.05) is 12.4 Å². The van der Waals surface area contributed by atoms with Crippen LogP contribution in [-0.2, 0) is 10.8 Å². The van der Waals surface area contributed by atoms with Crippen LogP contribution in [0.2, 0.25) is 0 Å². The molecule has 0 atom stereocenters. The number of aryl methyl sites for hydroxylation is 2. The van der Waals surface area contributed by atoms with Gasteiger partial charge in [0.05, 0.1) is 0 Å². The summed E-state index contributed by atoms with van der Waals surface area (Å²) in [5.41, 5.74) is 8.98. The fourth-order valence-electron chi connectivity index (χ4n) is 3.90. The van der Waals surface area contributed by atoms with Crippen molar-refractivity contribution in [2.24, 2.45) is 0 Å². The average Bonchev–Trinajstić information content (AvgIpc) is 2.62. The van der Waals surface area contributed by atoms with Gasteiger partial charge in [-0.1, -0.05) is 53.7 Å². The first-order valence-corrected chi connectivity index (χ1v) is 10.3. The summed E-state index contributed by atoms with van der Waals surface area (Å²) < 4.78 is 0. The zero-order valence-electron chi connectivity index (χ0n) is 19.0. The first-order valence-electron chi connectivity index (χ1n) is 10.3. The summed E-state index contributed by atoms with van der Waals surface area (Å²) in [6, 6.07) is 13.0. The Balaban J connectivity index is 2.25. The molecule has 1 heterocycles. The topological polar surface area (TPSA) is 33.1 Å². The molecule has 3 rings (SSSR count). The second kappa shape index (κ2) is 7.33. The third-order valence-corrected chi connectivity index (χ3v) is 5.60. The molecule has 29 heavy (non-hydrogen) atoms. The summed E-state index contributed by atoms with van der Waals surface area (Å²) in [7, 11) is 0. The predicted octanol–water partition coefficient (Wildman–Crippen LogP) is 7.33. The van der Waals surface area contributed by atoms with E-state index in [4.69, 9.17) is 0 Å². The van der Waals surface area contributed by atoms with Crippen LogP contribution in [-0.4, -0.2) is 10.1 Å². The van der Waals surface area contributed by atoms with E-state index in [1.54, 1.807) is 0 Å². The molecule has 0 saturated carbocycles. The van der Waals surface area contributed by atoms with E-state index in [0.29, 0.717) is 5.75 Å². The van der Waals surface area contributed by atoms with Crippen molar-refractivity contribution in [3.63, 3.8) is 0 Å². The molecular weight excluding hydrogens is 354 g/mol. The molecule has 2 aromatic carbocycles. The Morgan fingerprint density at radius 3 is 1.48 bits per heavy atom. The molecule has 0 spiro atoms. The highest BCUT2D eigenvalue weighted by atomic mass is 16.3. The van der Waals surface area contributed by atoms with Crippen molar-refractivity contribution in [2.45, 2.75) is 66.2 Å². The van der Waals surface area contributed by atoms with Gasteiger partial charge in [-0.15, -0.1) is 0 Å². The van der Waals surface area contributed by atoms with Gasteiger partial charge in [-0.25, -0.2) is 0 Å². The van der Waals surface area contributed by atoms with Gasteiger partial charge in [0.2, 0.25) is 0 Å². The van der Waals surface area contributed by atoms with Crippen LogP contribution in [0.5, 0.6) is 5.75 Å². The molecule has 1 aromatic heterocycles. The van der Waals surface area contributed by atoms with Crippen LogP contribution >= 0.6 is 0 Å². The third kappa shape index (κ3) is 4.22. The molecule has 0 radical (unpaired) electrons. The van der Waals surface area contributed by atoms with Crippen LogP contribution < -0.4 is 0 Å². The molecular formula is C27H33NO. The van der Waals surface area contributed by atoms with Crippen molar-refractivity contribution < 1.29 is 5.11 Å². The molecule has 152 valence electrons. The van der Waals surface area contributed by atoms with Gasteiger partial charge in [-0.2, -0.15) is 0 Å². The number of hydrogen-bond acceptors (Lipinski definition) is 2. The van der Waals surface area contributed by atoms with Gasteiger partial charge in [-0.3, -0.25) is 4.98 Å². The SMILES string of the molecule is Cc1cc(-c2cc(C(C)(C)C)c(O)c(C(C)(C)C)c2)c(C)cc1-c1ccncc1. The lowest BCUT2D eigenvalue weighted by Crippen LogP contribution is -2.17. The molecule has 0 aliphatic rings. The van der Waals surface area contributed by atoms with Crippen molar-refractivity contribution >= 4 is 0 Å². The number of nitrogens with zero attached hydrogens (tertiary/aromatic N) is 1. The Hall–Kier alpha value is -2.61. The van der Waals surface area contributed by atoms with E-state index in [-0.39, 0.29) is 10.8 Å². The number of hydrogen-bond donors (Lipinski definition) is 1. The van der Waals surface area contributed by atoms with E-state index in [1.165, 1.54) is 33.4 Å². The second-order valence-corrected chi connectivity index (χ2v) is 10.1. The van der Waals surface area contributed by atoms with Crippen molar-refractivity contribution in [2.75, 3.05) is 0 Å². The Morgan fingerprint density at radius 1 is 0.655 bits per heavy atom. The van der Waals surface area contributed by atoms with Gasteiger partial charge in [0, 0.05) is 23.5 Å². The minimum Gasteiger partial charge on any atom is -0.507 e. The Labute approximate surface area is 175 Å². The first kappa shape index (κ1) is 21.1. The van der Waals surface area contributed by atoms with Crippen LogP contribution in [0.1, 0.15) is 63.8 Å². The maximum Gasteiger partial charge on any atom is 0.123 e. The number of aromatic hydroxyl groups is 1. The first-order chi connectivity index (χ1) is 13.4. The van der Waals surface area contributed by atoms with E-state index in [0.717, 1.165) is 11.1 Å². The summed E-state index contributed by atoms with van der Waals surface area (Å²) in [6.45, 7) is 17.3. The van der Waals surface area contributed by atoms with E-state index < -0.39 is 0 Å². The number of phenols is 1. The van der Waals surface area contributed by atoms with Crippen molar-refractivity contribution in [3.8, 4) is 28.0 Å². The molecule has 0 fully saturated rings. The molecule has 2 nitrogen and oxygen atoms in total.